The molecule has 0 spiro atoms. The number of rotatable bonds is 2. The highest BCUT2D eigenvalue weighted by Gasteiger charge is 2.34. The molecule has 0 aliphatic heterocycles. The second-order valence-electron chi connectivity index (χ2n) is 7.46. The molecule has 2 aromatic rings. The molecule has 2 aromatic heterocycles. The van der Waals surface area contributed by atoms with E-state index < -0.39 is 0 Å². The fourth-order valence-electron chi connectivity index (χ4n) is 3.12. The van der Waals surface area contributed by atoms with Gasteiger partial charge in [0.25, 0.3) is 5.91 Å². The van der Waals surface area contributed by atoms with E-state index in [9.17, 15) is 4.79 Å². The lowest BCUT2D eigenvalue weighted by Gasteiger charge is -2.33. The van der Waals surface area contributed by atoms with Crippen molar-refractivity contribution in [2.75, 3.05) is 5.32 Å². The summed E-state index contributed by atoms with van der Waals surface area (Å²) < 4.78 is 7.14. The molecular formula is C17H24N4O2. The van der Waals surface area contributed by atoms with Gasteiger partial charge in [-0.1, -0.05) is 25.9 Å². The van der Waals surface area contributed by atoms with Crippen LogP contribution in [0.15, 0.2) is 10.7 Å². The van der Waals surface area contributed by atoms with E-state index in [1.54, 1.807) is 10.9 Å². The Balaban J connectivity index is 1.84. The molecule has 124 valence electrons. The number of anilines is 1. The van der Waals surface area contributed by atoms with E-state index in [0.717, 1.165) is 36.3 Å². The van der Waals surface area contributed by atoms with E-state index in [1.807, 2.05) is 14.0 Å². The molecule has 6 heteroatoms. The quantitative estimate of drug-likeness (QED) is 0.924. The average molecular weight is 316 g/mol. The number of aryl methyl sites for hydroxylation is 2. The van der Waals surface area contributed by atoms with Gasteiger partial charge in [-0.25, -0.2) is 0 Å². The summed E-state index contributed by atoms with van der Waals surface area (Å²) in [5.74, 6) is 1.17. The van der Waals surface area contributed by atoms with Crippen molar-refractivity contribution in [3.05, 3.63) is 28.9 Å². The summed E-state index contributed by atoms with van der Waals surface area (Å²) in [6.45, 7) is 8.65. The predicted molar refractivity (Wildman–Crippen MR) is 87.4 cm³/mol. The Labute approximate surface area is 136 Å². The van der Waals surface area contributed by atoms with E-state index >= 15 is 0 Å². The van der Waals surface area contributed by atoms with Gasteiger partial charge in [-0.05, 0) is 31.1 Å². The first-order chi connectivity index (χ1) is 10.8. The van der Waals surface area contributed by atoms with Gasteiger partial charge in [0, 0.05) is 19.0 Å². The molecule has 0 saturated carbocycles. The lowest BCUT2D eigenvalue weighted by Crippen LogP contribution is -2.27. The maximum atomic E-state index is 12.6. The van der Waals surface area contributed by atoms with Crippen LogP contribution in [0, 0.1) is 18.3 Å². The normalized spacial score (nSPS) is 17.9. The van der Waals surface area contributed by atoms with Gasteiger partial charge < -0.3 is 9.84 Å². The molecule has 0 radical (unpaired) electrons. The van der Waals surface area contributed by atoms with Crippen LogP contribution >= 0.6 is 0 Å². The summed E-state index contributed by atoms with van der Waals surface area (Å²) in [4.78, 5) is 12.6. The Kier molecular flexibility index (Phi) is 3.78. The van der Waals surface area contributed by atoms with Crippen LogP contribution in [0.5, 0.6) is 0 Å². The van der Waals surface area contributed by atoms with E-state index in [0.29, 0.717) is 17.3 Å². The third-order valence-electron chi connectivity index (χ3n) is 4.96. The molecule has 1 amide bonds. The van der Waals surface area contributed by atoms with E-state index in [4.69, 9.17) is 4.52 Å². The van der Waals surface area contributed by atoms with Crippen molar-refractivity contribution in [2.45, 2.75) is 47.0 Å². The zero-order chi connectivity index (χ0) is 16.8. The van der Waals surface area contributed by atoms with Crippen molar-refractivity contribution in [3.8, 4) is 0 Å². The van der Waals surface area contributed by atoms with Crippen molar-refractivity contribution in [1.29, 1.82) is 0 Å². The fourth-order valence-corrected chi connectivity index (χ4v) is 3.12. The molecule has 6 nitrogen and oxygen atoms in total. The van der Waals surface area contributed by atoms with Gasteiger partial charge in [-0.3, -0.25) is 9.48 Å². The Bertz CT molecular complexity index is 736. The van der Waals surface area contributed by atoms with Crippen LogP contribution in [0.2, 0.25) is 0 Å². The fraction of sp³-hybridized carbons (Fsp3) is 0.588. The summed E-state index contributed by atoms with van der Waals surface area (Å²) in [5.41, 5.74) is 3.20. The van der Waals surface area contributed by atoms with Gasteiger partial charge in [0.1, 0.15) is 5.76 Å². The lowest BCUT2D eigenvalue weighted by atomic mass is 9.71. The Hall–Kier alpha value is -2.11. The Morgan fingerprint density at radius 3 is 2.78 bits per heavy atom. The third-order valence-corrected chi connectivity index (χ3v) is 4.96. The largest absolute Gasteiger partial charge is 0.360 e. The minimum Gasteiger partial charge on any atom is -0.360 e. The molecule has 3 rings (SSSR count). The Morgan fingerprint density at radius 1 is 1.43 bits per heavy atom. The van der Waals surface area contributed by atoms with Crippen molar-refractivity contribution in [1.82, 2.24) is 14.9 Å². The molecular weight excluding hydrogens is 292 g/mol. The third kappa shape index (κ3) is 2.90. The van der Waals surface area contributed by atoms with E-state index in [1.165, 1.54) is 0 Å². The van der Waals surface area contributed by atoms with Crippen LogP contribution in [0.3, 0.4) is 0 Å². The number of hydrogen-bond donors (Lipinski definition) is 1. The van der Waals surface area contributed by atoms with Crippen LogP contribution in [0.25, 0.3) is 0 Å². The van der Waals surface area contributed by atoms with Crippen molar-refractivity contribution >= 4 is 11.6 Å². The Morgan fingerprint density at radius 2 is 2.17 bits per heavy atom. The highest BCUT2D eigenvalue weighted by atomic mass is 16.5. The topological polar surface area (TPSA) is 73.0 Å². The van der Waals surface area contributed by atoms with E-state index in [-0.39, 0.29) is 11.3 Å². The SMILES string of the molecule is Cc1c(NC(=O)c2noc3c2C[C@@H](C(C)(C)C)CC3)cnn1C. The van der Waals surface area contributed by atoms with Gasteiger partial charge >= 0.3 is 0 Å². The van der Waals surface area contributed by atoms with Crippen LogP contribution in [0.4, 0.5) is 5.69 Å². The summed E-state index contributed by atoms with van der Waals surface area (Å²) in [6, 6.07) is 0. The molecule has 1 N–H and O–H groups in total. The standard InChI is InChI=1S/C17H24N4O2/c1-10-13(9-18-21(10)5)19-16(22)15-12-8-11(17(2,3)4)6-7-14(12)23-20-15/h9,11H,6-8H2,1-5H3,(H,19,22)/t11-/m0/s1. The molecule has 1 aliphatic carbocycles. The minimum atomic E-state index is -0.222. The number of aromatic nitrogens is 3. The molecule has 0 fully saturated rings. The van der Waals surface area contributed by atoms with Gasteiger partial charge in [-0.2, -0.15) is 5.10 Å². The average Bonchev–Trinajstić information content (AvgIpc) is 3.04. The highest BCUT2D eigenvalue weighted by Crippen LogP contribution is 2.38. The van der Waals surface area contributed by atoms with Crippen molar-refractivity contribution in [3.63, 3.8) is 0 Å². The zero-order valence-electron chi connectivity index (χ0n) is 14.4. The first kappa shape index (κ1) is 15.8. The van der Waals surface area contributed by atoms with Crippen LogP contribution in [0.1, 0.15) is 54.7 Å². The summed E-state index contributed by atoms with van der Waals surface area (Å²) in [7, 11) is 1.84. The summed E-state index contributed by atoms with van der Waals surface area (Å²) in [5, 5.41) is 11.1. The lowest BCUT2D eigenvalue weighted by molar-refractivity contribution is 0.101. The van der Waals surface area contributed by atoms with Gasteiger partial charge in [0.15, 0.2) is 5.69 Å². The van der Waals surface area contributed by atoms with Crippen LogP contribution in [-0.2, 0) is 19.9 Å². The number of amides is 1. The van der Waals surface area contributed by atoms with Crippen molar-refractivity contribution < 1.29 is 9.32 Å². The minimum absolute atomic E-state index is 0.211. The van der Waals surface area contributed by atoms with Crippen LogP contribution < -0.4 is 5.32 Å². The maximum Gasteiger partial charge on any atom is 0.278 e. The van der Waals surface area contributed by atoms with E-state index in [2.05, 4.69) is 36.3 Å². The number of fused-ring (bicyclic) bond motifs is 1. The van der Waals surface area contributed by atoms with Gasteiger partial charge in [0.2, 0.25) is 0 Å². The molecule has 23 heavy (non-hydrogen) atoms. The second-order valence-corrected chi connectivity index (χ2v) is 7.46. The molecule has 0 saturated heterocycles. The number of nitrogens with one attached hydrogen (secondary N) is 1. The molecule has 1 atom stereocenters. The van der Waals surface area contributed by atoms with Gasteiger partial charge in [-0.15, -0.1) is 0 Å². The first-order valence-electron chi connectivity index (χ1n) is 8.04. The number of carbonyl (C=O) groups excluding carboxylic acids is 1. The van der Waals surface area contributed by atoms with Gasteiger partial charge in [0.05, 0.1) is 17.6 Å². The molecule has 2 heterocycles. The summed E-state index contributed by atoms with van der Waals surface area (Å²) in [6.07, 6.45) is 4.42. The first-order valence-corrected chi connectivity index (χ1v) is 8.04. The summed E-state index contributed by atoms with van der Waals surface area (Å²) >= 11 is 0. The number of carbonyl (C=O) groups is 1. The van der Waals surface area contributed by atoms with Crippen molar-refractivity contribution in [2.24, 2.45) is 18.4 Å². The predicted octanol–water partition coefficient (Wildman–Crippen LogP) is 3.12. The molecule has 0 unspecified atom stereocenters. The number of nitrogens with zero attached hydrogens (tertiary/aromatic N) is 3. The molecule has 0 bridgehead atoms. The monoisotopic (exact) mass is 316 g/mol. The molecule has 0 aromatic carbocycles. The smallest absolute Gasteiger partial charge is 0.278 e. The van der Waals surface area contributed by atoms with Crippen LogP contribution in [-0.4, -0.2) is 20.8 Å². The molecule has 1 aliphatic rings. The zero-order valence-corrected chi connectivity index (χ0v) is 14.4. The second kappa shape index (κ2) is 5.51. The number of hydrogen-bond acceptors (Lipinski definition) is 4. The maximum absolute atomic E-state index is 12.6. The highest BCUT2D eigenvalue weighted by molar-refractivity contribution is 6.04.